The van der Waals surface area contributed by atoms with Crippen LogP contribution in [-0.2, 0) is 6.18 Å². The van der Waals surface area contributed by atoms with Crippen LogP contribution < -0.4 is 11.3 Å². The second-order valence-electron chi connectivity index (χ2n) is 5.86. The van der Waals surface area contributed by atoms with Crippen molar-refractivity contribution in [2.75, 3.05) is 0 Å². The lowest BCUT2D eigenvalue weighted by atomic mass is 9.84. The number of nitrogens with two attached hydrogens (primary N) is 1. The van der Waals surface area contributed by atoms with Gasteiger partial charge in [0.2, 0.25) is 0 Å². The Kier molecular flexibility index (Phi) is 3.46. The number of hydrazine groups is 1. The highest BCUT2D eigenvalue weighted by Gasteiger charge is 2.47. The second-order valence-corrected chi connectivity index (χ2v) is 5.86. The molecular weight excluding hydrogens is 267 g/mol. The molecule has 1 aromatic rings. The Morgan fingerprint density at radius 3 is 2.25 bits per heavy atom. The van der Waals surface area contributed by atoms with E-state index in [9.17, 15) is 13.2 Å². The van der Waals surface area contributed by atoms with E-state index in [0.29, 0.717) is 11.8 Å². The molecule has 3 nitrogen and oxygen atoms in total. The summed E-state index contributed by atoms with van der Waals surface area (Å²) in [4.78, 5) is 3.87. The molecule has 0 aromatic carbocycles. The molecule has 2 aliphatic rings. The summed E-state index contributed by atoms with van der Waals surface area (Å²) in [6.45, 7) is 0. The van der Waals surface area contributed by atoms with E-state index in [1.54, 1.807) is 0 Å². The Hall–Kier alpha value is -1.14. The fourth-order valence-corrected chi connectivity index (χ4v) is 3.21. The van der Waals surface area contributed by atoms with Crippen molar-refractivity contribution in [1.82, 2.24) is 10.4 Å². The number of nitrogens with one attached hydrogen (secondary N) is 1. The van der Waals surface area contributed by atoms with Crippen LogP contribution in [-0.4, -0.2) is 4.98 Å². The molecule has 3 rings (SSSR count). The molecule has 0 spiro atoms. The number of aromatic nitrogens is 1. The first-order valence-electron chi connectivity index (χ1n) is 6.99. The van der Waals surface area contributed by atoms with Crippen molar-refractivity contribution in [3.05, 3.63) is 29.6 Å². The van der Waals surface area contributed by atoms with Gasteiger partial charge in [-0.3, -0.25) is 16.3 Å². The predicted octanol–water partition coefficient (Wildman–Crippen LogP) is 3.04. The van der Waals surface area contributed by atoms with Crippen LogP contribution in [0.25, 0.3) is 0 Å². The summed E-state index contributed by atoms with van der Waals surface area (Å²) in [5, 5.41) is 0. The zero-order chi connectivity index (χ0) is 14.3. The van der Waals surface area contributed by atoms with Crippen molar-refractivity contribution in [3.8, 4) is 0 Å². The summed E-state index contributed by atoms with van der Waals surface area (Å²) in [6.07, 6.45) is 2.52. The highest BCUT2D eigenvalue weighted by atomic mass is 19.4. The van der Waals surface area contributed by atoms with Gasteiger partial charge < -0.3 is 0 Å². The van der Waals surface area contributed by atoms with Crippen molar-refractivity contribution in [2.45, 2.75) is 37.9 Å². The lowest BCUT2D eigenvalue weighted by Gasteiger charge is -2.29. The third kappa shape index (κ3) is 2.67. The van der Waals surface area contributed by atoms with Crippen LogP contribution in [0, 0.1) is 17.8 Å². The van der Waals surface area contributed by atoms with Gasteiger partial charge in [-0.05, 0) is 49.5 Å². The molecule has 1 atom stereocenters. The van der Waals surface area contributed by atoms with Crippen LogP contribution in [0.15, 0.2) is 18.5 Å². The van der Waals surface area contributed by atoms with Gasteiger partial charge in [-0.2, -0.15) is 13.2 Å². The minimum absolute atomic E-state index is 0.186. The number of hydrogen-bond donors (Lipinski definition) is 2. The number of hydrogen-bond acceptors (Lipinski definition) is 3. The second kappa shape index (κ2) is 5.00. The maximum absolute atomic E-state index is 13.1. The first-order valence-corrected chi connectivity index (χ1v) is 6.99. The monoisotopic (exact) mass is 285 g/mol. The quantitative estimate of drug-likeness (QED) is 0.646. The molecule has 20 heavy (non-hydrogen) atoms. The van der Waals surface area contributed by atoms with E-state index in [2.05, 4.69) is 10.4 Å². The van der Waals surface area contributed by atoms with Crippen molar-refractivity contribution in [3.63, 3.8) is 0 Å². The molecule has 1 unspecified atom stereocenters. The number of pyridine rings is 1. The largest absolute Gasteiger partial charge is 0.416 e. The Bertz CT molecular complexity index is 469. The van der Waals surface area contributed by atoms with Gasteiger partial charge in [0.1, 0.15) is 0 Å². The van der Waals surface area contributed by atoms with Gasteiger partial charge in [-0.25, -0.2) is 0 Å². The fraction of sp³-hybridized carbons (Fsp3) is 0.643. The molecule has 0 bridgehead atoms. The van der Waals surface area contributed by atoms with Crippen molar-refractivity contribution >= 4 is 0 Å². The Morgan fingerprint density at radius 2 is 1.80 bits per heavy atom. The molecule has 1 aromatic heterocycles. The molecule has 2 saturated carbocycles. The van der Waals surface area contributed by atoms with E-state index in [1.165, 1.54) is 12.4 Å². The first-order chi connectivity index (χ1) is 9.52. The SMILES string of the molecule is NNC(c1cnccc1C(F)(F)F)C(C1CC1)C1CC1. The van der Waals surface area contributed by atoms with Gasteiger partial charge in [0.15, 0.2) is 0 Å². The van der Waals surface area contributed by atoms with Gasteiger partial charge in [0, 0.05) is 18.0 Å². The number of nitrogens with zero attached hydrogens (tertiary/aromatic N) is 1. The summed E-state index contributed by atoms with van der Waals surface area (Å²) in [5.41, 5.74) is 2.20. The van der Waals surface area contributed by atoms with E-state index in [4.69, 9.17) is 5.84 Å². The maximum Gasteiger partial charge on any atom is 0.416 e. The summed E-state index contributed by atoms with van der Waals surface area (Å²) in [6, 6.07) is 0.580. The maximum atomic E-state index is 13.1. The van der Waals surface area contributed by atoms with Gasteiger partial charge in [0.05, 0.1) is 11.6 Å². The van der Waals surface area contributed by atoms with Crippen LogP contribution in [0.5, 0.6) is 0 Å². The van der Waals surface area contributed by atoms with E-state index in [-0.39, 0.29) is 11.5 Å². The zero-order valence-electron chi connectivity index (χ0n) is 11.0. The van der Waals surface area contributed by atoms with Crippen LogP contribution in [0.4, 0.5) is 13.2 Å². The van der Waals surface area contributed by atoms with E-state index >= 15 is 0 Å². The minimum atomic E-state index is -4.37. The molecule has 6 heteroatoms. The molecule has 0 saturated heterocycles. The van der Waals surface area contributed by atoms with Crippen LogP contribution in [0.2, 0.25) is 0 Å². The third-order valence-corrected chi connectivity index (χ3v) is 4.39. The smallest absolute Gasteiger partial charge is 0.271 e. The number of alkyl halides is 3. The van der Waals surface area contributed by atoms with Crippen LogP contribution >= 0.6 is 0 Å². The summed E-state index contributed by atoms with van der Waals surface area (Å²) < 4.78 is 39.4. The number of halogens is 3. The molecule has 0 amide bonds. The predicted molar refractivity (Wildman–Crippen MR) is 68.2 cm³/mol. The van der Waals surface area contributed by atoms with Gasteiger partial charge in [-0.15, -0.1) is 0 Å². The molecule has 110 valence electrons. The lowest BCUT2D eigenvalue weighted by Crippen LogP contribution is -2.37. The summed E-state index contributed by atoms with van der Waals surface area (Å²) in [5.74, 6) is 6.81. The molecule has 2 aliphatic carbocycles. The van der Waals surface area contributed by atoms with Crippen molar-refractivity contribution < 1.29 is 13.2 Å². The first kappa shape index (κ1) is 13.8. The highest BCUT2D eigenvalue weighted by molar-refractivity contribution is 5.30. The Morgan fingerprint density at radius 1 is 1.20 bits per heavy atom. The Labute approximate surface area is 115 Å². The third-order valence-electron chi connectivity index (χ3n) is 4.39. The van der Waals surface area contributed by atoms with E-state index in [1.807, 2.05) is 0 Å². The molecule has 0 radical (unpaired) electrons. The highest BCUT2D eigenvalue weighted by Crippen LogP contribution is 2.54. The summed E-state index contributed by atoms with van der Waals surface area (Å²) in [7, 11) is 0. The molecule has 2 fully saturated rings. The zero-order valence-corrected chi connectivity index (χ0v) is 11.0. The van der Waals surface area contributed by atoms with Crippen LogP contribution in [0.3, 0.4) is 0 Å². The Balaban J connectivity index is 1.96. The molecule has 1 heterocycles. The van der Waals surface area contributed by atoms with E-state index < -0.39 is 17.8 Å². The van der Waals surface area contributed by atoms with Crippen molar-refractivity contribution in [1.29, 1.82) is 0 Å². The van der Waals surface area contributed by atoms with E-state index in [0.717, 1.165) is 31.7 Å². The van der Waals surface area contributed by atoms with Crippen LogP contribution in [0.1, 0.15) is 42.9 Å². The van der Waals surface area contributed by atoms with Gasteiger partial charge in [-0.1, -0.05) is 0 Å². The number of rotatable bonds is 5. The topological polar surface area (TPSA) is 50.9 Å². The average Bonchev–Trinajstić information content (AvgIpc) is 3.27. The lowest BCUT2D eigenvalue weighted by molar-refractivity contribution is -0.138. The minimum Gasteiger partial charge on any atom is -0.271 e. The molecular formula is C14H18F3N3. The average molecular weight is 285 g/mol. The van der Waals surface area contributed by atoms with Crippen molar-refractivity contribution in [2.24, 2.45) is 23.6 Å². The standard InChI is InChI=1S/C14H18F3N3/c15-14(16,17)11-5-6-19-7-10(11)13(20-18)12(8-1-2-8)9-3-4-9/h5-9,12-13,20H,1-4,18H2. The molecule has 3 N–H and O–H groups in total. The fourth-order valence-electron chi connectivity index (χ4n) is 3.21. The molecule has 0 aliphatic heterocycles. The normalized spacial score (nSPS) is 21.2. The summed E-state index contributed by atoms with van der Waals surface area (Å²) >= 11 is 0. The van der Waals surface area contributed by atoms with Gasteiger partial charge in [0.25, 0.3) is 0 Å². The van der Waals surface area contributed by atoms with Gasteiger partial charge >= 0.3 is 6.18 Å².